The van der Waals surface area contributed by atoms with Crippen molar-refractivity contribution < 1.29 is 9.90 Å². The first-order valence-electron chi connectivity index (χ1n) is 13.4. The predicted octanol–water partition coefficient (Wildman–Crippen LogP) is 7.46. The molecule has 0 atom stereocenters. The number of aliphatic carboxylic acids is 1. The monoisotopic (exact) mass is 606 g/mol. The summed E-state index contributed by atoms with van der Waals surface area (Å²) < 4.78 is 0. The molecule has 0 aliphatic rings. The molecule has 8 nitrogen and oxygen atoms in total. The number of benzene rings is 2. The van der Waals surface area contributed by atoms with E-state index in [4.69, 9.17) is 16.6 Å². The van der Waals surface area contributed by atoms with Gasteiger partial charge in [0.1, 0.15) is 16.6 Å². The first-order valence-corrected chi connectivity index (χ1v) is 15.1. The van der Waals surface area contributed by atoms with Gasteiger partial charge < -0.3 is 16.6 Å². The average molecular weight is 607 g/mol. The Labute approximate surface area is 257 Å². The molecule has 0 aliphatic carbocycles. The fourth-order valence-electron chi connectivity index (χ4n) is 4.54. The van der Waals surface area contributed by atoms with E-state index >= 15 is 0 Å². The molecule has 6 aromatic rings. The summed E-state index contributed by atoms with van der Waals surface area (Å²) >= 11 is 3.06. The van der Waals surface area contributed by atoms with E-state index < -0.39 is 5.97 Å². The number of thiazole rings is 2. The first kappa shape index (κ1) is 29.6. The summed E-state index contributed by atoms with van der Waals surface area (Å²) in [6.45, 7) is 6.13. The van der Waals surface area contributed by atoms with Gasteiger partial charge in [-0.25, -0.2) is 19.9 Å². The minimum absolute atomic E-state index is 0.0932. The summed E-state index contributed by atoms with van der Waals surface area (Å²) in [5.41, 5.74) is 19.8. The number of nitrogens with zero attached hydrogens (tertiary/aromatic N) is 4. The minimum atomic E-state index is -0.893. The molecule has 0 amide bonds. The lowest BCUT2D eigenvalue weighted by Gasteiger charge is -2.04. The van der Waals surface area contributed by atoms with Gasteiger partial charge in [0, 0.05) is 23.5 Å². The summed E-state index contributed by atoms with van der Waals surface area (Å²) in [4.78, 5) is 30.3. The van der Waals surface area contributed by atoms with Gasteiger partial charge in [-0.3, -0.25) is 4.79 Å². The lowest BCUT2D eigenvalue weighted by molar-refractivity contribution is -0.136. The smallest absolute Gasteiger partial charge is 0.310 e. The van der Waals surface area contributed by atoms with Crippen LogP contribution in [0, 0.1) is 20.8 Å². The molecule has 5 N–H and O–H groups in total. The highest BCUT2D eigenvalue weighted by Gasteiger charge is 2.17. The Morgan fingerprint density at radius 1 is 0.698 bits per heavy atom. The van der Waals surface area contributed by atoms with Crippen LogP contribution in [0.5, 0.6) is 0 Å². The van der Waals surface area contributed by atoms with E-state index in [0.29, 0.717) is 16.6 Å². The van der Waals surface area contributed by atoms with Crippen LogP contribution in [0.4, 0.5) is 11.6 Å². The zero-order valence-corrected chi connectivity index (χ0v) is 25.5. The van der Waals surface area contributed by atoms with Gasteiger partial charge in [0.2, 0.25) is 0 Å². The summed E-state index contributed by atoms with van der Waals surface area (Å²) in [6, 6.07) is 23.9. The van der Waals surface area contributed by atoms with Gasteiger partial charge in [-0.05, 0) is 68.3 Å². The molecule has 216 valence electrons. The second-order valence-corrected chi connectivity index (χ2v) is 12.2. The van der Waals surface area contributed by atoms with Gasteiger partial charge in [-0.1, -0.05) is 47.5 Å². The fourth-order valence-corrected chi connectivity index (χ4v) is 6.55. The number of nitrogens with two attached hydrogens (primary N) is 2. The van der Waals surface area contributed by atoms with Crippen molar-refractivity contribution in [1.29, 1.82) is 0 Å². The summed E-state index contributed by atoms with van der Waals surface area (Å²) in [7, 11) is 0. The maximum Gasteiger partial charge on any atom is 0.310 e. The van der Waals surface area contributed by atoms with E-state index in [1.807, 2.05) is 56.3 Å². The van der Waals surface area contributed by atoms with Crippen molar-refractivity contribution >= 4 is 40.3 Å². The van der Waals surface area contributed by atoms with Gasteiger partial charge in [-0.2, -0.15) is 0 Å². The molecule has 0 spiro atoms. The number of hydrogen-bond donors (Lipinski definition) is 3. The molecule has 0 unspecified atom stereocenters. The van der Waals surface area contributed by atoms with Crippen molar-refractivity contribution in [3.63, 3.8) is 0 Å². The molecule has 10 heteroatoms. The van der Waals surface area contributed by atoms with Gasteiger partial charge in [-0.15, -0.1) is 22.7 Å². The molecule has 0 saturated carbocycles. The zero-order chi connectivity index (χ0) is 30.5. The highest BCUT2D eigenvalue weighted by Crippen LogP contribution is 2.38. The van der Waals surface area contributed by atoms with Crippen LogP contribution >= 0.6 is 22.7 Å². The molecular weight excluding hydrogens is 577 g/mol. The Bertz CT molecular complexity index is 1790. The third kappa shape index (κ3) is 7.29. The Hall–Kier alpha value is -4.93. The van der Waals surface area contributed by atoms with Gasteiger partial charge in [0.15, 0.2) is 0 Å². The van der Waals surface area contributed by atoms with Gasteiger partial charge in [0.25, 0.3) is 0 Å². The van der Waals surface area contributed by atoms with E-state index in [1.54, 1.807) is 29.8 Å². The number of pyridine rings is 2. The number of anilines is 2. The van der Waals surface area contributed by atoms with Crippen molar-refractivity contribution in [3.8, 4) is 43.4 Å². The molecule has 4 aromatic heterocycles. The standard InChI is InChI=1S/C17H15N3O2S.C16H15N3S/c1-10-3-2-4-11(7-10)16-17(12-5-6-19-13(18)8-12)23-14(20-16)9-15(21)22;1-10-4-3-5-12(8-10)15-16(20-11(2)19-15)13-6-7-18-14(17)9-13/h2-8H,9H2,1H3,(H2,18,19)(H,21,22);3-9H,1-2H3,(H2,17,18). The number of aryl methyl sites for hydroxylation is 3. The zero-order valence-electron chi connectivity index (χ0n) is 23.9. The van der Waals surface area contributed by atoms with Gasteiger partial charge in [0.05, 0.1) is 32.6 Å². The van der Waals surface area contributed by atoms with Crippen LogP contribution in [-0.4, -0.2) is 31.0 Å². The maximum absolute atomic E-state index is 11.0. The number of nitrogen functional groups attached to an aromatic ring is 2. The Balaban J connectivity index is 0.000000173. The Kier molecular flexibility index (Phi) is 8.89. The highest BCUT2D eigenvalue weighted by molar-refractivity contribution is 7.16. The lowest BCUT2D eigenvalue weighted by Crippen LogP contribution is -1.99. The van der Waals surface area contributed by atoms with Crippen molar-refractivity contribution in [2.24, 2.45) is 0 Å². The largest absolute Gasteiger partial charge is 0.481 e. The predicted molar refractivity (Wildman–Crippen MR) is 176 cm³/mol. The molecule has 0 radical (unpaired) electrons. The van der Waals surface area contributed by atoms with E-state index in [1.165, 1.54) is 16.9 Å². The Morgan fingerprint density at radius 3 is 1.70 bits per heavy atom. The second-order valence-electron chi connectivity index (χ2n) is 9.94. The van der Waals surface area contributed by atoms with Gasteiger partial charge >= 0.3 is 5.97 Å². The summed E-state index contributed by atoms with van der Waals surface area (Å²) in [6.07, 6.45) is 3.28. The van der Waals surface area contributed by atoms with Crippen molar-refractivity contribution in [2.75, 3.05) is 11.5 Å². The fraction of sp³-hybridized carbons (Fsp3) is 0.121. The highest BCUT2D eigenvalue weighted by atomic mass is 32.1. The van der Waals surface area contributed by atoms with Crippen LogP contribution < -0.4 is 11.5 Å². The average Bonchev–Trinajstić information content (AvgIpc) is 3.57. The van der Waals surface area contributed by atoms with Crippen molar-refractivity contribution in [1.82, 2.24) is 19.9 Å². The molecule has 0 bridgehead atoms. The number of hydrogen-bond acceptors (Lipinski definition) is 9. The Morgan fingerprint density at radius 2 is 1.21 bits per heavy atom. The molecule has 0 fully saturated rings. The van der Waals surface area contributed by atoms with Crippen LogP contribution in [0.15, 0.2) is 85.2 Å². The van der Waals surface area contributed by atoms with E-state index in [2.05, 4.69) is 51.1 Å². The quantitative estimate of drug-likeness (QED) is 0.177. The SMILES string of the molecule is Cc1cccc(-c2nc(C)sc2-c2ccnc(N)c2)c1.Cc1cccc(-c2nc(CC(=O)O)sc2-c2ccnc(N)c2)c1. The maximum atomic E-state index is 11.0. The lowest BCUT2D eigenvalue weighted by atomic mass is 10.1. The van der Waals surface area contributed by atoms with E-state index in [0.717, 1.165) is 54.0 Å². The van der Waals surface area contributed by atoms with E-state index in [-0.39, 0.29) is 6.42 Å². The second kappa shape index (κ2) is 12.9. The minimum Gasteiger partial charge on any atom is -0.481 e. The summed E-state index contributed by atoms with van der Waals surface area (Å²) in [5, 5.41) is 10.7. The van der Waals surface area contributed by atoms with Crippen molar-refractivity contribution in [2.45, 2.75) is 27.2 Å². The molecule has 43 heavy (non-hydrogen) atoms. The number of carboxylic acid groups (broad SMARTS) is 1. The van der Waals surface area contributed by atoms with Crippen molar-refractivity contribution in [3.05, 3.63) is 106 Å². The third-order valence-electron chi connectivity index (χ3n) is 6.38. The topological polar surface area (TPSA) is 141 Å². The normalized spacial score (nSPS) is 10.7. The molecule has 2 aromatic carbocycles. The molecule has 0 aliphatic heterocycles. The van der Waals surface area contributed by atoms with Crippen LogP contribution in [-0.2, 0) is 11.2 Å². The number of carbonyl (C=O) groups is 1. The van der Waals surface area contributed by atoms with Crippen LogP contribution in [0.3, 0.4) is 0 Å². The number of carboxylic acids is 1. The van der Waals surface area contributed by atoms with Crippen LogP contribution in [0.1, 0.15) is 21.1 Å². The third-order valence-corrected chi connectivity index (χ3v) is 8.50. The molecule has 6 rings (SSSR count). The van der Waals surface area contributed by atoms with Crippen LogP contribution in [0.25, 0.3) is 43.4 Å². The van der Waals surface area contributed by atoms with Crippen LogP contribution in [0.2, 0.25) is 0 Å². The number of aromatic nitrogens is 4. The van der Waals surface area contributed by atoms with E-state index in [9.17, 15) is 4.79 Å². The molecule has 0 saturated heterocycles. The number of rotatable bonds is 6. The molecule has 4 heterocycles. The summed E-state index contributed by atoms with van der Waals surface area (Å²) in [5.74, 6) is 0.0601. The molecular formula is C33H30N6O2S2. The first-order chi connectivity index (χ1) is 20.7.